The molecule has 0 aromatic carbocycles. The highest BCUT2D eigenvalue weighted by Gasteiger charge is 2.37. The molecule has 10 heteroatoms. The molecular weight excluding hydrogens is 413 g/mol. The van der Waals surface area contributed by atoms with Gasteiger partial charge in [0.15, 0.2) is 17.0 Å². The molecule has 1 aliphatic rings. The lowest BCUT2D eigenvalue weighted by Gasteiger charge is -2.32. The van der Waals surface area contributed by atoms with Crippen LogP contribution in [0.4, 0.5) is 13.2 Å². The van der Waals surface area contributed by atoms with Crippen LogP contribution < -0.4 is 0 Å². The van der Waals surface area contributed by atoms with Crippen molar-refractivity contribution >= 4 is 34.5 Å². The van der Waals surface area contributed by atoms with E-state index in [0.717, 1.165) is 25.3 Å². The number of hydrogen-bond donors (Lipinski definition) is 0. The van der Waals surface area contributed by atoms with Crippen LogP contribution in [-0.2, 0) is 6.18 Å². The number of piperidine rings is 1. The lowest BCUT2D eigenvalue weighted by molar-refractivity contribution is -0.142. The van der Waals surface area contributed by atoms with Gasteiger partial charge in [-0.1, -0.05) is 17.7 Å². The highest BCUT2D eigenvalue weighted by atomic mass is 35.5. The van der Waals surface area contributed by atoms with Gasteiger partial charge in [-0.05, 0) is 43.7 Å². The molecule has 0 spiro atoms. The van der Waals surface area contributed by atoms with Crippen molar-refractivity contribution in [3.05, 3.63) is 40.0 Å². The van der Waals surface area contributed by atoms with E-state index in [1.807, 2.05) is 6.92 Å². The van der Waals surface area contributed by atoms with E-state index >= 15 is 0 Å². The molecule has 4 rings (SSSR count). The number of alkyl halides is 3. The summed E-state index contributed by atoms with van der Waals surface area (Å²) in [4.78, 5) is 19.4. The van der Waals surface area contributed by atoms with Crippen LogP contribution >= 0.6 is 22.9 Å². The molecule has 3 aromatic heterocycles. The van der Waals surface area contributed by atoms with Gasteiger partial charge in [0.25, 0.3) is 5.91 Å². The Morgan fingerprint density at radius 2 is 2.14 bits per heavy atom. The number of likely N-dealkylation sites (tertiary alicyclic amines) is 1. The third-order valence-electron chi connectivity index (χ3n) is 4.86. The molecule has 1 amide bonds. The molecule has 0 bridgehead atoms. The highest BCUT2D eigenvalue weighted by Crippen LogP contribution is 2.36. The molecule has 1 saturated heterocycles. The lowest BCUT2D eigenvalue weighted by atomic mass is 10.0. The van der Waals surface area contributed by atoms with Crippen LogP contribution in [-0.4, -0.2) is 38.0 Å². The molecule has 1 aliphatic heterocycles. The Balaban J connectivity index is 1.88. The van der Waals surface area contributed by atoms with Crippen LogP contribution in [0, 0.1) is 0 Å². The average Bonchev–Trinajstić information content (AvgIpc) is 3.29. The number of halogens is 4. The Hall–Kier alpha value is -2.13. The number of aromatic nitrogens is 3. The van der Waals surface area contributed by atoms with E-state index in [0.29, 0.717) is 15.9 Å². The Bertz CT molecular complexity index is 1030. The van der Waals surface area contributed by atoms with Gasteiger partial charge in [-0.15, -0.1) is 11.3 Å². The van der Waals surface area contributed by atoms with Crippen LogP contribution in [0.15, 0.2) is 23.6 Å². The smallest absolute Gasteiger partial charge is 0.335 e. The Morgan fingerprint density at radius 1 is 1.36 bits per heavy atom. The summed E-state index contributed by atoms with van der Waals surface area (Å²) in [5.74, 6) is -0.464. The molecule has 0 unspecified atom stereocenters. The summed E-state index contributed by atoms with van der Waals surface area (Å²) < 4.78 is 41.7. The predicted octanol–water partition coefficient (Wildman–Crippen LogP) is 5.14. The maximum Gasteiger partial charge on any atom is 0.433 e. The summed E-state index contributed by atoms with van der Waals surface area (Å²) in [5.41, 5.74) is -1.25. The zero-order chi connectivity index (χ0) is 20.1. The standard InChI is InChI=1S/C18H16ClF3N4OS/c1-10-5-2-3-7-25(10)17(27)15-14(19)16-23-11(12-6-4-8-28-12)9-13(18(20,21)22)26(16)24-15/h4,6,8-10H,2-3,5,7H2,1H3/t10-/m1/s1. The van der Waals surface area contributed by atoms with Gasteiger partial charge in [-0.3, -0.25) is 4.79 Å². The van der Waals surface area contributed by atoms with Gasteiger partial charge < -0.3 is 4.90 Å². The number of thiophene rings is 1. The number of fused-ring (bicyclic) bond motifs is 1. The topological polar surface area (TPSA) is 50.5 Å². The fraction of sp³-hybridized carbons (Fsp3) is 0.389. The number of carbonyl (C=O) groups is 1. The third kappa shape index (κ3) is 3.26. The van der Waals surface area contributed by atoms with E-state index in [1.165, 1.54) is 11.3 Å². The van der Waals surface area contributed by atoms with Gasteiger partial charge in [0.1, 0.15) is 5.02 Å². The molecule has 0 saturated carbocycles. The zero-order valence-corrected chi connectivity index (χ0v) is 16.4. The molecule has 0 N–H and O–H groups in total. The average molecular weight is 429 g/mol. The first kappa shape index (κ1) is 19.2. The number of rotatable bonds is 2. The van der Waals surface area contributed by atoms with E-state index in [-0.39, 0.29) is 28.1 Å². The van der Waals surface area contributed by atoms with Crippen LogP contribution in [0.3, 0.4) is 0 Å². The Kier molecular flexibility index (Phi) is 4.83. The molecule has 0 aliphatic carbocycles. The minimum Gasteiger partial charge on any atom is -0.335 e. The van der Waals surface area contributed by atoms with Crippen molar-refractivity contribution in [2.45, 2.75) is 38.4 Å². The molecular formula is C18H16ClF3N4OS. The molecule has 1 atom stereocenters. The van der Waals surface area contributed by atoms with Crippen LogP contribution in [0.25, 0.3) is 16.2 Å². The van der Waals surface area contributed by atoms with E-state index in [9.17, 15) is 18.0 Å². The summed E-state index contributed by atoms with van der Waals surface area (Å²) in [7, 11) is 0. The maximum atomic E-state index is 13.7. The fourth-order valence-corrected chi connectivity index (χ4v) is 4.34. The van der Waals surface area contributed by atoms with Gasteiger partial charge in [-0.25, -0.2) is 9.50 Å². The number of hydrogen-bond acceptors (Lipinski definition) is 4. The summed E-state index contributed by atoms with van der Waals surface area (Å²) >= 11 is 7.59. The molecule has 5 nitrogen and oxygen atoms in total. The summed E-state index contributed by atoms with van der Waals surface area (Å²) in [6, 6.07) is 4.32. The fourth-order valence-electron chi connectivity index (χ4n) is 3.42. The van der Waals surface area contributed by atoms with Crippen molar-refractivity contribution in [3.8, 4) is 10.6 Å². The lowest BCUT2D eigenvalue weighted by Crippen LogP contribution is -2.42. The summed E-state index contributed by atoms with van der Waals surface area (Å²) in [6.07, 6.45) is -1.99. The normalized spacial score (nSPS) is 18.0. The second-order valence-corrected chi connectivity index (χ2v) is 8.07. The van der Waals surface area contributed by atoms with Crippen molar-refractivity contribution in [2.24, 2.45) is 0 Å². The Labute approximate surface area is 167 Å². The van der Waals surface area contributed by atoms with Gasteiger partial charge in [-0.2, -0.15) is 18.3 Å². The van der Waals surface area contributed by atoms with Crippen LogP contribution in [0.2, 0.25) is 5.02 Å². The first-order chi connectivity index (χ1) is 13.3. The van der Waals surface area contributed by atoms with Gasteiger partial charge in [0, 0.05) is 12.6 Å². The molecule has 0 radical (unpaired) electrons. The minimum absolute atomic E-state index is 0.0149. The molecule has 1 fully saturated rings. The Morgan fingerprint density at radius 3 is 2.79 bits per heavy atom. The first-order valence-electron chi connectivity index (χ1n) is 8.78. The summed E-state index contributed by atoms with van der Waals surface area (Å²) in [5, 5.41) is 5.51. The van der Waals surface area contributed by atoms with Crippen LogP contribution in [0.1, 0.15) is 42.4 Å². The van der Waals surface area contributed by atoms with E-state index in [4.69, 9.17) is 11.6 Å². The first-order valence-corrected chi connectivity index (χ1v) is 10.0. The van der Waals surface area contributed by atoms with Crippen molar-refractivity contribution in [2.75, 3.05) is 6.54 Å². The molecule has 28 heavy (non-hydrogen) atoms. The number of carbonyl (C=O) groups excluding carboxylic acids is 1. The van der Waals surface area contributed by atoms with Gasteiger partial charge in [0.2, 0.25) is 0 Å². The molecule has 148 valence electrons. The maximum absolute atomic E-state index is 13.7. The number of nitrogens with zero attached hydrogens (tertiary/aromatic N) is 4. The SMILES string of the molecule is C[C@@H]1CCCCN1C(=O)c1nn2c(C(F)(F)F)cc(-c3cccs3)nc2c1Cl. The van der Waals surface area contributed by atoms with Crippen molar-refractivity contribution < 1.29 is 18.0 Å². The van der Waals surface area contributed by atoms with Crippen molar-refractivity contribution in [3.63, 3.8) is 0 Å². The summed E-state index contributed by atoms with van der Waals surface area (Å²) in [6.45, 7) is 2.44. The zero-order valence-electron chi connectivity index (χ0n) is 14.8. The monoisotopic (exact) mass is 428 g/mol. The quantitative estimate of drug-likeness (QED) is 0.567. The van der Waals surface area contributed by atoms with Crippen molar-refractivity contribution in [1.82, 2.24) is 19.5 Å². The van der Waals surface area contributed by atoms with E-state index in [1.54, 1.807) is 22.4 Å². The highest BCUT2D eigenvalue weighted by molar-refractivity contribution is 7.13. The van der Waals surface area contributed by atoms with Gasteiger partial charge >= 0.3 is 6.18 Å². The predicted molar refractivity (Wildman–Crippen MR) is 101 cm³/mol. The van der Waals surface area contributed by atoms with E-state index < -0.39 is 17.8 Å². The number of amides is 1. The minimum atomic E-state index is -4.68. The molecule has 3 aromatic rings. The third-order valence-corrected chi connectivity index (χ3v) is 6.10. The molecule has 4 heterocycles. The van der Waals surface area contributed by atoms with E-state index in [2.05, 4.69) is 10.1 Å². The van der Waals surface area contributed by atoms with Gasteiger partial charge in [0.05, 0.1) is 10.6 Å². The largest absolute Gasteiger partial charge is 0.433 e. The van der Waals surface area contributed by atoms with Crippen LogP contribution in [0.5, 0.6) is 0 Å². The second kappa shape index (κ2) is 7.04. The second-order valence-electron chi connectivity index (χ2n) is 6.74. The van der Waals surface area contributed by atoms with Crippen molar-refractivity contribution in [1.29, 1.82) is 0 Å².